The van der Waals surface area contributed by atoms with Gasteiger partial charge in [0.25, 0.3) is 0 Å². The van der Waals surface area contributed by atoms with Crippen LogP contribution in [-0.4, -0.2) is 11.7 Å². The number of amides is 1. The van der Waals surface area contributed by atoms with Crippen molar-refractivity contribution in [2.75, 3.05) is 5.32 Å². The topological polar surface area (TPSA) is 46.2 Å². The van der Waals surface area contributed by atoms with Crippen LogP contribution < -0.4 is 5.32 Å². The smallest absolute Gasteiger partial charge is 0.231 e. The summed E-state index contributed by atoms with van der Waals surface area (Å²) >= 11 is 5.71. The summed E-state index contributed by atoms with van der Waals surface area (Å²) in [7, 11) is 0. The lowest BCUT2D eigenvalue weighted by molar-refractivity contribution is -0.127. The van der Waals surface area contributed by atoms with E-state index in [0.29, 0.717) is 10.7 Å². The Kier molecular flexibility index (Phi) is 4.50. The van der Waals surface area contributed by atoms with Gasteiger partial charge in [0.05, 0.1) is 6.42 Å². The molecule has 0 saturated carbocycles. The van der Waals surface area contributed by atoms with Crippen LogP contribution in [0.2, 0.25) is 5.02 Å². The molecule has 0 fully saturated rings. The summed E-state index contributed by atoms with van der Waals surface area (Å²) in [4.78, 5) is 22.8. The van der Waals surface area contributed by atoms with Crippen LogP contribution in [0.3, 0.4) is 0 Å². The zero-order chi connectivity index (χ0) is 12.1. The highest BCUT2D eigenvalue weighted by Gasteiger charge is 2.12. The second-order valence-electron chi connectivity index (χ2n) is 3.85. The van der Waals surface area contributed by atoms with Gasteiger partial charge >= 0.3 is 0 Å². The van der Waals surface area contributed by atoms with E-state index < -0.39 is 0 Å². The lowest BCUT2D eigenvalue weighted by Crippen LogP contribution is -2.19. The van der Waals surface area contributed by atoms with Crippen LogP contribution in [0.15, 0.2) is 24.3 Å². The molecule has 3 nitrogen and oxygen atoms in total. The number of rotatable bonds is 4. The molecule has 1 aromatic carbocycles. The first-order chi connectivity index (χ1) is 7.49. The second-order valence-corrected chi connectivity index (χ2v) is 4.29. The lowest BCUT2D eigenvalue weighted by atomic mass is 10.1. The molecule has 1 rings (SSSR count). The van der Waals surface area contributed by atoms with E-state index in [1.165, 1.54) is 0 Å². The predicted octanol–water partition coefficient (Wildman–Crippen LogP) is 2.89. The van der Waals surface area contributed by atoms with Gasteiger partial charge in [-0.25, -0.2) is 0 Å². The van der Waals surface area contributed by atoms with Gasteiger partial charge in [0.15, 0.2) is 0 Å². The maximum Gasteiger partial charge on any atom is 0.231 e. The fraction of sp³-hybridized carbons (Fsp3) is 0.333. The Morgan fingerprint density at radius 2 is 1.81 bits per heavy atom. The molecule has 0 spiro atoms. The van der Waals surface area contributed by atoms with Crippen LogP contribution in [0.5, 0.6) is 0 Å². The minimum Gasteiger partial charge on any atom is -0.326 e. The largest absolute Gasteiger partial charge is 0.326 e. The third kappa shape index (κ3) is 4.03. The van der Waals surface area contributed by atoms with E-state index >= 15 is 0 Å². The number of Topliss-reactive ketones (excluding diaryl/α,β-unsaturated/α-hetero) is 1. The summed E-state index contributed by atoms with van der Waals surface area (Å²) in [6.45, 7) is 3.55. The second kappa shape index (κ2) is 5.66. The molecule has 0 aromatic heterocycles. The molecule has 0 unspecified atom stereocenters. The van der Waals surface area contributed by atoms with Crippen LogP contribution in [0, 0.1) is 5.92 Å². The zero-order valence-corrected chi connectivity index (χ0v) is 10.0. The number of nitrogens with one attached hydrogen (secondary N) is 1. The first kappa shape index (κ1) is 12.7. The van der Waals surface area contributed by atoms with Crippen molar-refractivity contribution in [3.63, 3.8) is 0 Å². The highest BCUT2D eigenvalue weighted by molar-refractivity contribution is 6.30. The van der Waals surface area contributed by atoms with Gasteiger partial charge in [0.2, 0.25) is 5.91 Å². The Balaban J connectivity index is 2.52. The number of hydrogen-bond acceptors (Lipinski definition) is 2. The molecule has 0 aliphatic heterocycles. The lowest BCUT2D eigenvalue weighted by Gasteiger charge is -2.06. The van der Waals surface area contributed by atoms with E-state index in [1.54, 1.807) is 38.1 Å². The van der Waals surface area contributed by atoms with Crippen LogP contribution in [0.25, 0.3) is 0 Å². The fourth-order valence-electron chi connectivity index (χ4n) is 1.10. The molecule has 0 bridgehead atoms. The minimum absolute atomic E-state index is 0.0635. The summed E-state index contributed by atoms with van der Waals surface area (Å²) in [5, 5.41) is 3.24. The molecule has 1 amide bonds. The van der Waals surface area contributed by atoms with E-state index in [4.69, 9.17) is 11.6 Å². The first-order valence-electron chi connectivity index (χ1n) is 5.07. The predicted molar refractivity (Wildman–Crippen MR) is 64.5 cm³/mol. The number of halogens is 1. The maximum absolute atomic E-state index is 11.4. The van der Waals surface area contributed by atoms with Crippen LogP contribution in [0.4, 0.5) is 5.69 Å². The number of hydrogen-bond donors (Lipinski definition) is 1. The Morgan fingerprint density at radius 3 is 2.31 bits per heavy atom. The molecule has 0 heterocycles. The highest BCUT2D eigenvalue weighted by atomic mass is 35.5. The SMILES string of the molecule is CC(C)C(=O)CC(=O)Nc1ccc(Cl)cc1. The average molecular weight is 240 g/mol. The van der Waals surface area contributed by atoms with Gasteiger partial charge < -0.3 is 5.32 Å². The Bertz CT molecular complexity index is 385. The van der Waals surface area contributed by atoms with E-state index in [0.717, 1.165) is 0 Å². The first-order valence-corrected chi connectivity index (χ1v) is 5.45. The molecular weight excluding hydrogens is 226 g/mol. The molecule has 1 N–H and O–H groups in total. The van der Waals surface area contributed by atoms with Crippen molar-refractivity contribution in [1.29, 1.82) is 0 Å². The summed E-state index contributed by atoms with van der Waals surface area (Å²) in [6, 6.07) is 6.75. The van der Waals surface area contributed by atoms with Crippen molar-refractivity contribution in [2.45, 2.75) is 20.3 Å². The van der Waals surface area contributed by atoms with Gasteiger partial charge in [0.1, 0.15) is 5.78 Å². The number of benzene rings is 1. The van der Waals surface area contributed by atoms with Crippen LogP contribution in [0.1, 0.15) is 20.3 Å². The van der Waals surface area contributed by atoms with Crippen LogP contribution in [-0.2, 0) is 9.59 Å². The van der Waals surface area contributed by atoms with Crippen molar-refractivity contribution in [3.8, 4) is 0 Å². The van der Waals surface area contributed by atoms with Crippen molar-refractivity contribution in [3.05, 3.63) is 29.3 Å². The monoisotopic (exact) mass is 239 g/mol. The average Bonchev–Trinajstić information content (AvgIpc) is 2.21. The van der Waals surface area contributed by atoms with E-state index in [9.17, 15) is 9.59 Å². The van der Waals surface area contributed by atoms with E-state index in [-0.39, 0.29) is 24.0 Å². The van der Waals surface area contributed by atoms with Crippen molar-refractivity contribution < 1.29 is 9.59 Å². The van der Waals surface area contributed by atoms with Gasteiger partial charge in [-0.1, -0.05) is 25.4 Å². The van der Waals surface area contributed by atoms with Crippen molar-refractivity contribution in [1.82, 2.24) is 0 Å². The maximum atomic E-state index is 11.4. The van der Waals surface area contributed by atoms with Gasteiger partial charge in [0, 0.05) is 16.6 Å². The summed E-state index contributed by atoms with van der Waals surface area (Å²) in [5.41, 5.74) is 0.644. The van der Waals surface area contributed by atoms with E-state index in [2.05, 4.69) is 5.32 Å². The molecule has 0 aliphatic carbocycles. The summed E-state index contributed by atoms with van der Waals surface area (Å²) < 4.78 is 0. The normalized spacial score (nSPS) is 10.2. The molecule has 0 aliphatic rings. The van der Waals surface area contributed by atoms with Gasteiger partial charge in [-0.05, 0) is 24.3 Å². The van der Waals surface area contributed by atoms with Crippen molar-refractivity contribution in [2.24, 2.45) is 5.92 Å². The quantitative estimate of drug-likeness (QED) is 0.822. The number of anilines is 1. The molecular formula is C12H14ClNO2. The fourth-order valence-corrected chi connectivity index (χ4v) is 1.23. The molecule has 0 saturated heterocycles. The van der Waals surface area contributed by atoms with Gasteiger partial charge in [-0.3, -0.25) is 9.59 Å². The van der Waals surface area contributed by atoms with Crippen molar-refractivity contribution >= 4 is 29.0 Å². The Morgan fingerprint density at radius 1 is 1.25 bits per heavy atom. The number of ketones is 1. The molecule has 1 aromatic rings. The van der Waals surface area contributed by atoms with Gasteiger partial charge in [-0.15, -0.1) is 0 Å². The number of carbonyl (C=O) groups excluding carboxylic acids is 2. The molecule has 16 heavy (non-hydrogen) atoms. The van der Waals surface area contributed by atoms with Gasteiger partial charge in [-0.2, -0.15) is 0 Å². The third-order valence-corrected chi connectivity index (χ3v) is 2.36. The zero-order valence-electron chi connectivity index (χ0n) is 9.29. The summed E-state index contributed by atoms with van der Waals surface area (Å²) in [6.07, 6.45) is -0.0830. The minimum atomic E-state index is -0.291. The number of carbonyl (C=O) groups is 2. The Labute approximate surface area is 99.8 Å². The molecule has 0 radical (unpaired) electrons. The highest BCUT2D eigenvalue weighted by Crippen LogP contribution is 2.13. The molecule has 0 atom stereocenters. The third-order valence-electron chi connectivity index (χ3n) is 2.11. The standard InChI is InChI=1S/C12H14ClNO2/c1-8(2)11(15)7-12(16)14-10-5-3-9(13)4-6-10/h3-6,8H,7H2,1-2H3,(H,14,16). The van der Waals surface area contributed by atoms with E-state index in [1.807, 2.05) is 0 Å². The van der Waals surface area contributed by atoms with Crippen LogP contribution >= 0.6 is 11.6 Å². The summed E-state index contributed by atoms with van der Waals surface area (Å²) in [5.74, 6) is -0.469. The molecule has 86 valence electrons. The molecule has 4 heteroatoms. The Hall–Kier alpha value is -1.35.